The quantitative estimate of drug-likeness (QED) is 0.742. The predicted molar refractivity (Wildman–Crippen MR) is 80.5 cm³/mol. The molecule has 0 unspecified atom stereocenters. The van der Waals surface area contributed by atoms with Gasteiger partial charge >= 0.3 is 0 Å². The van der Waals surface area contributed by atoms with E-state index in [0.717, 1.165) is 41.2 Å². The molecule has 0 aliphatic heterocycles. The topological polar surface area (TPSA) is 61.7 Å². The highest BCUT2D eigenvalue weighted by Crippen LogP contribution is 2.18. The molecule has 0 radical (unpaired) electrons. The molecule has 3 aromatic rings. The number of rotatable bonds is 3. The van der Waals surface area contributed by atoms with Crippen molar-refractivity contribution in [1.82, 2.24) is 19.3 Å². The van der Waals surface area contributed by atoms with Gasteiger partial charge in [-0.1, -0.05) is 0 Å². The van der Waals surface area contributed by atoms with Crippen molar-refractivity contribution in [3.8, 4) is 0 Å². The van der Waals surface area contributed by atoms with E-state index < -0.39 is 0 Å². The smallest absolute Gasteiger partial charge is 0.111 e. The third kappa shape index (κ3) is 2.15. The van der Waals surface area contributed by atoms with Crippen molar-refractivity contribution < 1.29 is 0 Å². The molecule has 0 aliphatic rings. The van der Waals surface area contributed by atoms with Gasteiger partial charge in [0.15, 0.2) is 0 Å². The zero-order valence-electron chi connectivity index (χ0n) is 12.1. The van der Waals surface area contributed by atoms with Crippen LogP contribution in [0.15, 0.2) is 24.3 Å². The number of anilines is 1. The summed E-state index contributed by atoms with van der Waals surface area (Å²) in [6.45, 7) is 4.93. The molecule has 2 aromatic heterocycles. The second-order valence-corrected chi connectivity index (χ2v) is 5.24. The molecular weight excluding hydrogens is 250 g/mol. The highest BCUT2D eigenvalue weighted by atomic mass is 15.3. The Labute approximate surface area is 118 Å². The van der Waals surface area contributed by atoms with Gasteiger partial charge in [-0.25, -0.2) is 4.98 Å². The van der Waals surface area contributed by atoms with Gasteiger partial charge in [0.1, 0.15) is 5.82 Å². The van der Waals surface area contributed by atoms with E-state index in [4.69, 9.17) is 5.73 Å². The maximum absolute atomic E-state index is 5.81. The van der Waals surface area contributed by atoms with Gasteiger partial charge in [-0.05, 0) is 38.1 Å². The Morgan fingerprint density at radius 1 is 1.20 bits per heavy atom. The fraction of sp³-hybridized carbons (Fsp3) is 0.333. The first kappa shape index (κ1) is 12.7. The predicted octanol–water partition coefficient (Wildman–Crippen LogP) is 2.21. The van der Waals surface area contributed by atoms with E-state index in [1.165, 1.54) is 5.69 Å². The number of nitrogens with two attached hydrogens (primary N) is 1. The maximum Gasteiger partial charge on any atom is 0.111 e. The zero-order chi connectivity index (χ0) is 14.3. The van der Waals surface area contributed by atoms with Crippen LogP contribution >= 0.6 is 0 Å². The molecule has 0 aliphatic carbocycles. The van der Waals surface area contributed by atoms with E-state index in [1.54, 1.807) is 0 Å². The van der Waals surface area contributed by atoms with E-state index in [-0.39, 0.29) is 0 Å². The summed E-state index contributed by atoms with van der Waals surface area (Å²) >= 11 is 0. The van der Waals surface area contributed by atoms with Crippen molar-refractivity contribution in [2.24, 2.45) is 7.05 Å². The molecule has 20 heavy (non-hydrogen) atoms. The summed E-state index contributed by atoms with van der Waals surface area (Å²) < 4.78 is 4.16. The first-order valence-corrected chi connectivity index (χ1v) is 6.76. The van der Waals surface area contributed by atoms with Crippen molar-refractivity contribution >= 4 is 16.7 Å². The minimum absolute atomic E-state index is 0.751. The van der Waals surface area contributed by atoms with Gasteiger partial charge in [0.25, 0.3) is 0 Å². The lowest BCUT2D eigenvalue weighted by Crippen LogP contribution is -2.08. The number of nitrogens with zero attached hydrogens (tertiary/aromatic N) is 4. The molecule has 0 saturated heterocycles. The average molecular weight is 269 g/mol. The monoisotopic (exact) mass is 269 g/mol. The van der Waals surface area contributed by atoms with Gasteiger partial charge in [-0.3, -0.25) is 4.68 Å². The number of hydrogen-bond donors (Lipinski definition) is 1. The zero-order valence-corrected chi connectivity index (χ0v) is 12.1. The van der Waals surface area contributed by atoms with Gasteiger partial charge < -0.3 is 10.3 Å². The molecule has 3 rings (SSSR count). The molecule has 2 N–H and O–H groups in total. The lowest BCUT2D eigenvalue weighted by molar-refractivity contribution is 0.574. The van der Waals surface area contributed by atoms with E-state index in [0.29, 0.717) is 0 Å². The molecule has 0 fully saturated rings. The Morgan fingerprint density at radius 2 is 2.00 bits per heavy atom. The number of aromatic nitrogens is 4. The van der Waals surface area contributed by atoms with Crippen LogP contribution in [0, 0.1) is 13.8 Å². The molecular formula is C15H19N5. The van der Waals surface area contributed by atoms with Crippen molar-refractivity contribution in [1.29, 1.82) is 0 Å². The molecule has 104 valence electrons. The Bertz CT molecular complexity index is 766. The summed E-state index contributed by atoms with van der Waals surface area (Å²) in [7, 11) is 2.04. The van der Waals surface area contributed by atoms with Crippen LogP contribution in [0.25, 0.3) is 11.0 Å². The lowest BCUT2D eigenvalue weighted by Gasteiger charge is -2.05. The molecule has 2 heterocycles. The largest absolute Gasteiger partial charge is 0.399 e. The Hall–Kier alpha value is -2.30. The highest BCUT2D eigenvalue weighted by molar-refractivity contribution is 5.79. The number of hydrogen-bond acceptors (Lipinski definition) is 3. The van der Waals surface area contributed by atoms with Crippen LogP contribution in [0.4, 0.5) is 5.69 Å². The number of imidazole rings is 1. The second kappa shape index (κ2) is 4.67. The summed E-state index contributed by atoms with van der Waals surface area (Å²) in [5.41, 5.74) is 10.9. The number of benzene rings is 1. The second-order valence-electron chi connectivity index (χ2n) is 5.24. The van der Waals surface area contributed by atoms with Crippen LogP contribution in [0.5, 0.6) is 0 Å². The molecule has 1 aromatic carbocycles. The van der Waals surface area contributed by atoms with E-state index in [2.05, 4.69) is 27.6 Å². The third-order valence-corrected chi connectivity index (χ3v) is 3.65. The van der Waals surface area contributed by atoms with Gasteiger partial charge in [0, 0.05) is 31.4 Å². The van der Waals surface area contributed by atoms with Crippen LogP contribution < -0.4 is 5.73 Å². The van der Waals surface area contributed by atoms with Crippen molar-refractivity contribution in [2.45, 2.75) is 26.8 Å². The van der Waals surface area contributed by atoms with Gasteiger partial charge in [-0.15, -0.1) is 0 Å². The Balaban J connectivity index is 1.87. The van der Waals surface area contributed by atoms with E-state index in [1.807, 2.05) is 36.9 Å². The fourth-order valence-electron chi connectivity index (χ4n) is 2.60. The fourth-order valence-corrected chi connectivity index (χ4v) is 2.60. The highest BCUT2D eigenvalue weighted by Gasteiger charge is 2.09. The van der Waals surface area contributed by atoms with Gasteiger partial charge in [0.2, 0.25) is 0 Å². The SMILES string of the molecule is Cc1cc(C)n(CCc2nc3cc(N)ccc3n2C)n1. The Kier molecular flexibility index (Phi) is 2.97. The molecule has 0 spiro atoms. The summed E-state index contributed by atoms with van der Waals surface area (Å²) in [5, 5.41) is 4.48. The van der Waals surface area contributed by atoms with Crippen LogP contribution in [0.2, 0.25) is 0 Å². The molecule has 5 heteroatoms. The van der Waals surface area contributed by atoms with Crippen LogP contribution in [0.3, 0.4) is 0 Å². The average Bonchev–Trinajstić information content (AvgIpc) is 2.87. The number of aryl methyl sites for hydroxylation is 5. The van der Waals surface area contributed by atoms with Crippen molar-refractivity contribution in [2.75, 3.05) is 5.73 Å². The minimum Gasteiger partial charge on any atom is -0.399 e. The molecule has 0 bridgehead atoms. The summed E-state index contributed by atoms with van der Waals surface area (Å²) in [6, 6.07) is 7.94. The number of fused-ring (bicyclic) bond motifs is 1. The molecule has 0 amide bonds. The Morgan fingerprint density at radius 3 is 2.70 bits per heavy atom. The molecule has 0 saturated carbocycles. The van der Waals surface area contributed by atoms with Crippen molar-refractivity contribution in [3.05, 3.63) is 41.5 Å². The summed E-state index contributed by atoms with van der Waals surface area (Å²) in [6.07, 6.45) is 0.854. The van der Waals surface area contributed by atoms with Gasteiger partial charge in [0.05, 0.1) is 16.7 Å². The van der Waals surface area contributed by atoms with Crippen LogP contribution in [-0.4, -0.2) is 19.3 Å². The third-order valence-electron chi connectivity index (χ3n) is 3.65. The lowest BCUT2D eigenvalue weighted by atomic mass is 10.3. The minimum atomic E-state index is 0.751. The standard InChI is InChI=1S/C15H19N5/c1-10-8-11(2)20(18-10)7-6-15-17-13-9-12(16)4-5-14(13)19(15)3/h4-5,8-9H,6-7,16H2,1-3H3. The van der Waals surface area contributed by atoms with E-state index >= 15 is 0 Å². The van der Waals surface area contributed by atoms with Crippen molar-refractivity contribution in [3.63, 3.8) is 0 Å². The van der Waals surface area contributed by atoms with E-state index in [9.17, 15) is 0 Å². The van der Waals surface area contributed by atoms with Crippen LogP contribution in [0.1, 0.15) is 17.2 Å². The molecule has 5 nitrogen and oxygen atoms in total. The summed E-state index contributed by atoms with van der Waals surface area (Å²) in [4.78, 5) is 4.67. The first-order valence-electron chi connectivity index (χ1n) is 6.76. The molecule has 0 atom stereocenters. The normalized spacial score (nSPS) is 11.3. The summed E-state index contributed by atoms with van der Waals surface area (Å²) in [5.74, 6) is 1.05. The maximum atomic E-state index is 5.81. The van der Waals surface area contributed by atoms with Gasteiger partial charge in [-0.2, -0.15) is 5.10 Å². The first-order chi connectivity index (χ1) is 9.54. The van der Waals surface area contributed by atoms with Crippen LogP contribution in [-0.2, 0) is 20.0 Å². The number of nitrogen functional groups attached to an aromatic ring is 1.